The molecule has 0 spiro atoms. The van der Waals surface area contributed by atoms with Crippen LogP contribution in [0.15, 0.2) is 12.2 Å². The van der Waals surface area contributed by atoms with Gasteiger partial charge in [0, 0.05) is 37.6 Å². The molecule has 2 fully saturated rings. The summed E-state index contributed by atoms with van der Waals surface area (Å²) in [5.41, 5.74) is 6.83. The second-order valence-corrected chi connectivity index (χ2v) is 10.9. The van der Waals surface area contributed by atoms with Crippen molar-refractivity contribution in [2.45, 2.75) is 102 Å². The fourth-order valence-electron chi connectivity index (χ4n) is 5.78. The SMILES string of the molecule is NC(CCCCCC(=O)O)C1CCC(CN2C(=O)C=CC2=O)CC1.O=C(CC1(C(=O)O)CCCCC1)NO. The van der Waals surface area contributed by atoms with E-state index in [1.54, 1.807) is 0 Å². The van der Waals surface area contributed by atoms with E-state index in [0.717, 1.165) is 70.6 Å². The molecule has 1 unspecified atom stereocenters. The van der Waals surface area contributed by atoms with Gasteiger partial charge in [-0.15, -0.1) is 0 Å². The third-order valence-corrected chi connectivity index (χ3v) is 8.15. The van der Waals surface area contributed by atoms with Gasteiger partial charge in [-0.3, -0.25) is 34.1 Å². The molecule has 0 aromatic heterocycles. The Hall–Kier alpha value is -2.79. The Morgan fingerprint density at radius 2 is 1.58 bits per heavy atom. The number of carbonyl (C=O) groups excluding carboxylic acids is 3. The molecular formula is C27H43N3O8. The largest absolute Gasteiger partial charge is 0.481 e. The molecule has 214 valence electrons. The van der Waals surface area contributed by atoms with Crippen molar-refractivity contribution in [2.24, 2.45) is 23.0 Å². The van der Waals surface area contributed by atoms with Gasteiger partial charge in [-0.1, -0.05) is 32.1 Å². The Labute approximate surface area is 223 Å². The molecule has 11 heteroatoms. The highest BCUT2D eigenvalue weighted by molar-refractivity contribution is 6.12. The maximum atomic E-state index is 11.6. The number of nitrogens with one attached hydrogen (secondary N) is 1. The highest BCUT2D eigenvalue weighted by atomic mass is 16.5. The molecule has 6 N–H and O–H groups in total. The van der Waals surface area contributed by atoms with Crippen LogP contribution in [-0.2, 0) is 24.0 Å². The van der Waals surface area contributed by atoms with Crippen LogP contribution in [0.2, 0.25) is 0 Å². The molecule has 0 radical (unpaired) electrons. The van der Waals surface area contributed by atoms with Gasteiger partial charge in [0.1, 0.15) is 0 Å². The van der Waals surface area contributed by atoms with Gasteiger partial charge >= 0.3 is 11.9 Å². The van der Waals surface area contributed by atoms with Crippen molar-refractivity contribution in [3.8, 4) is 0 Å². The summed E-state index contributed by atoms with van der Waals surface area (Å²) in [6.07, 6.45) is 14.2. The lowest BCUT2D eigenvalue weighted by molar-refractivity contribution is -0.155. The highest BCUT2D eigenvalue weighted by Crippen LogP contribution is 2.39. The minimum Gasteiger partial charge on any atom is -0.481 e. The second kappa shape index (κ2) is 15.6. The molecule has 38 heavy (non-hydrogen) atoms. The standard InChI is InChI=1S/C18H28N2O4.C9H15NO4/c19-15(4-2-1-3-5-18(23)24)14-8-6-13(7-9-14)12-20-16(21)10-11-17(20)22;11-7(10-14)6-9(8(12)13)4-2-1-3-5-9/h10-11,13-15H,1-9,12,19H2,(H,23,24);14H,1-6H2,(H,10,11)(H,12,13). The Kier molecular flexibility index (Phi) is 12.9. The van der Waals surface area contributed by atoms with Crippen LogP contribution in [0.4, 0.5) is 0 Å². The molecule has 2 aliphatic carbocycles. The zero-order chi connectivity index (χ0) is 28.1. The van der Waals surface area contributed by atoms with Gasteiger partial charge in [0.05, 0.1) is 5.41 Å². The third-order valence-electron chi connectivity index (χ3n) is 8.15. The molecule has 3 rings (SSSR count). The van der Waals surface area contributed by atoms with Crippen LogP contribution in [0, 0.1) is 17.3 Å². The number of unbranched alkanes of at least 4 members (excludes halogenated alkanes) is 2. The number of carboxylic acid groups (broad SMARTS) is 2. The quantitative estimate of drug-likeness (QED) is 0.108. The van der Waals surface area contributed by atoms with E-state index in [1.807, 2.05) is 0 Å². The van der Waals surface area contributed by atoms with E-state index in [9.17, 15) is 24.0 Å². The average Bonchev–Trinajstić information content (AvgIpc) is 3.21. The zero-order valence-corrected chi connectivity index (χ0v) is 22.1. The van der Waals surface area contributed by atoms with Crippen molar-refractivity contribution in [3.63, 3.8) is 0 Å². The van der Waals surface area contributed by atoms with Crippen molar-refractivity contribution >= 4 is 29.7 Å². The number of carboxylic acids is 2. The van der Waals surface area contributed by atoms with E-state index in [1.165, 1.54) is 22.5 Å². The maximum Gasteiger partial charge on any atom is 0.310 e. The number of aliphatic carboxylic acids is 2. The minimum absolute atomic E-state index is 0.126. The lowest BCUT2D eigenvalue weighted by Crippen LogP contribution is -2.38. The van der Waals surface area contributed by atoms with Gasteiger partial charge in [0.15, 0.2) is 0 Å². The topological polar surface area (TPSA) is 187 Å². The van der Waals surface area contributed by atoms with Crippen LogP contribution in [0.25, 0.3) is 0 Å². The van der Waals surface area contributed by atoms with E-state index < -0.39 is 23.3 Å². The van der Waals surface area contributed by atoms with Crippen molar-refractivity contribution in [3.05, 3.63) is 12.2 Å². The number of nitrogens with two attached hydrogens (primary N) is 1. The number of hydrogen-bond donors (Lipinski definition) is 5. The molecule has 3 aliphatic rings. The van der Waals surface area contributed by atoms with Gasteiger partial charge in [-0.05, 0) is 63.2 Å². The van der Waals surface area contributed by atoms with Gasteiger partial charge in [-0.25, -0.2) is 5.48 Å². The molecule has 1 aliphatic heterocycles. The first kappa shape index (κ1) is 31.4. The molecule has 1 heterocycles. The molecule has 0 bridgehead atoms. The van der Waals surface area contributed by atoms with E-state index in [4.69, 9.17) is 21.2 Å². The van der Waals surface area contributed by atoms with Gasteiger partial charge < -0.3 is 15.9 Å². The molecule has 1 atom stereocenters. The number of amides is 3. The lowest BCUT2D eigenvalue weighted by atomic mass is 9.72. The average molecular weight is 538 g/mol. The smallest absolute Gasteiger partial charge is 0.310 e. The summed E-state index contributed by atoms with van der Waals surface area (Å²) in [5.74, 6) is -1.78. The van der Waals surface area contributed by atoms with Gasteiger partial charge in [0.2, 0.25) is 5.91 Å². The van der Waals surface area contributed by atoms with E-state index in [-0.39, 0.29) is 30.7 Å². The van der Waals surface area contributed by atoms with Crippen molar-refractivity contribution < 1.29 is 39.4 Å². The van der Waals surface area contributed by atoms with Crippen LogP contribution >= 0.6 is 0 Å². The monoisotopic (exact) mass is 537 g/mol. The summed E-state index contributed by atoms with van der Waals surface area (Å²) in [6, 6.07) is 0.174. The number of carbonyl (C=O) groups is 5. The summed E-state index contributed by atoms with van der Waals surface area (Å²) in [7, 11) is 0. The molecular weight excluding hydrogens is 494 g/mol. The van der Waals surface area contributed by atoms with Crippen molar-refractivity contribution in [2.75, 3.05) is 6.54 Å². The second-order valence-electron chi connectivity index (χ2n) is 10.9. The van der Waals surface area contributed by atoms with Crippen LogP contribution in [-0.4, -0.2) is 62.6 Å². The summed E-state index contributed by atoms with van der Waals surface area (Å²) in [6.45, 7) is 0.530. The first-order valence-corrected chi connectivity index (χ1v) is 13.7. The predicted octanol–water partition coefficient (Wildman–Crippen LogP) is 3.00. The summed E-state index contributed by atoms with van der Waals surface area (Å²) in [4.78, 5) is 57.0. The third kappa shape index (κ3) is 9.83. The normalized spacial score (nSPS) is 23.4. The summed E-state index contributed by atoms with van der Waals surface area (Å²) >= 11 is 0. The van der Waals surface area contributed by atoms with Crippen molar-refractivity contribution in [1.29, 1.82) is 0 Å². The first-order chi connectivity index (χ1) is 18.1. The van der Waals surface area contributed by atoms with Crippen LogP contribution in [0.5, 0.6) is 0 Å². The van der Waals surface area contributed by atoms with E-state index in [0.29, 0.717) is 31.2 Å². The van der Waals surface area contributed by atoms with E-state index >= 15 is 0 Å². The maximum absolute atomic E-state index is 11.6. The summed E-state index contributed by atoms with van der Waals surface area (Å²) in [5, 5.41) is 26.1. The molecule has 0 aromatic rings. The minimum atomic E-state index is -0.953. The fourth-order valence-corrected chi connectivity index (χ4v) is 5.78. The Morgan fingerprint density at radius 1 is 0.974 bits per heavy atom. The fraction of sp³-hybridized carbons (Fsp3) is 0.741. The van der Waals surface area contributed by atoms with Crippen LogP contribution in [0.3, 0.4) is 0 Å². The summed E-state index contributed by atoms with van der Waals surface area (Å²) < 4.78 is 0. The number of hydroxylamine groups is 1. The Balaban J connectivity index is 0.000000308. The zero-order valence-electron chi connectivity index (χ0n) is 22.1. The molecule has 2 saturated carbocycles. The first-order valence-electron chi connectivity index (χ1n) is 13.7. The van der Waals surface area contributed by atoms with E-state index in [2.05, 4.69) is 0 Å². The highest BCUT2D eigenvalue weighted by Gasteiger charge is 2.41. The molecule has 0 saturated heterocycles. The Morgan fingerprint density at radius 3 is 2.11 bits per heavy atom. The Bertz CT molecular complexity index is 842. The molecule has 0 aromatic carbocycles. The van der Waals surface area contributed by atoms with Gasteiger partial charge in [-0.2, -0.15) is 0 Å². The molecule has 3 amide bonds. The predicted molar refractivity (Wildman–Crippen MR) is 138 cm³/mol. The van der Waals surface area contributed by atoms with Crippen LogP contribution < -0.4 is 11.2 Å². The lowest BCUT2D eigenvalue weighted by Gasteiger charge is -2.33. The van der Waals surface area contributed by atoms with Crippen molar-refractivity contribution in [1.82, 2.24) is 10.4 Å². The number of imide groups is 1. The number of rotatable bonds is 12. The number of nitrogens with zero attached hydrogens (tertiary/aromatic N) is 1. The number of hydrogen-bond acceptors (Lipinski definition) is 7. The molecule has 11 nitrogen and oxygen atoms in total. The van der Waals surface area contributed by atoms with Crippen LogP contribution in [0.1, 0.15) is 96.3 Å². The van der Waals surface area contributed by atoms with Gasteiger partial charge in [0.25, 0.3) is 11.8 Å².